The highest BCUT2D eigenvalue weighted by Gasteiger charge is 2.39. The Kier molecular flexibility index (Phi) is 3.40. The third-order valence-electron chi connectivity index (χ3n) is 2.05. The van der Waals surface area contributed by atoms with Gasteiger partial charge in [0.05, 0.1) is 6.61 Å². The van der Waals surface area contributed by atoms with Gasteiger partial charge in [-0.05, 0) is 34.6 Å². The van der Waals surface area contributed by atoms with E-state index in [1.54, 1.807) is 34.6 Å². The molecule has 0 saturated carbocycles. The molecule has 0 aromatic carbocycles. The number of carbonyl (C=O) groups is 2. The summed E-state index contributed by atoms with van der Waals surface area (Å²) in [7, 11) is 0. The lowest BCUT2D eigenvalue weighted by Crippen LogP contribution is -2.46. The van der Waals surface area contributed by atoms with Crippen molar-refractivity contribution in [1.29, 1.82) is 0 Å². The van der Waals surface area contributed by atoms with E-state index in [1.165, 1.54) is 0 Å². The molecule has 1 saturated heterocycles. The number of ether oxygens (including phenoxy) is 2. The van der Waals surface area contributed by atoms with Gasteiger partial charge in [0.25, 0.3) is 5.78 Å². The molecule has 1 rings (SSSR count). The third kappa shape index (κ3) is 3.57. The number of nitrogens with one attached hydrogen (secondary N) is 1. The van der Waals surface area contributed by atoms with Gasteiger partial charge in [0.2, 0.25) is 0 Å². The fourth-order valence-corrected chi connectivity index (χ4v) is 1.41. The third-order valence-corrected chi connectivity index (χ3v) is 2.05. The SMILES string of the molecule is CC(C)(C)OC(=O)C(=O)[C@H]1COC(C)(C)N1. The molecule has 1 atom stereocenters. The van der Waals surface area contributed by atoms with E-state index >= 15 is 0 Å². The predicted molar refractivity (Wildman–Crippen MR) is 57.8 cm³/mol. The van der Waals surface area contributed by atoms with Crippen LogP contribution in [0.25, 0.3) is 0 Å². The van der Waals surface area contributed by atoms with E-state index in [-0.39, 0.29) is 6.61 Å². The van der Waals surface area contributed by atoms with Gasteiger partial charge in [0, 0.05) is 0 Å². The number of carbonyl (C=O) groups excluding carboxylic acids is 2. The fourth-order valence-electron chi connectivity index (χ4n) is 1.41. The molecule has 1 heterocycles. The molecule has 1 aliphatic heterocycles. The maximum absolute atomic E-state index is 11.7. The van der Waals surface area contributed by atoms with Crippen LogP contribution < -0.4 is 5.32 Å². The van der Waals surface area contributed by atoms with E-state index in [4.69, 9.17) is 9.47 Å². The summed E-state index contributed by atoms with van der Waals surface area (Å²) in [5.74, 6) is -1.40. The Bertz CT molecular complexity index is 304. The molecule has 0 aliphatic carbocycles. The van der Waals surface area contributed by atoms with Gasteiger partial charge >= 0.3 is 5.97 Å². The zero-order chi connectivity index (χ0) is 12.6. The van der Waals surface area contributed by atoms with Crippen molar-refractivity contribution in [3.05, 3.63) is 0 Å². The standard InChI is InChI=1S/C11H19NO4/c1-10(2,3)16-9(14)8(13)7-6-15-11(4,5)12-7/h7,12H,6H2,1-5H3/t7-/m1/s1. The summed E-state index contributed by atoms with van der Waals surface area (Å²) < 4.78 is 10.3. The second kappa shape index (κ2) is 4.14. The smallest absolute Gasteiger partial charge is 0.376 e. The Hall–Kier alpha value is -0.940. The van der Waals surface area contributed by atoms with Gasteiger partial charge in [-0.25, -0.2) is 4.79 Å². The Morgan fingerprint density at radius 1 is 1.38 bits per heavy atom. The van der Waals surface area contributed by atoms with Crippen molar-refractivity contribution in [1.82, 2.24) is 5.32 Å². The molecule has 16 heavy (non-hydrogen) atoms. The number of esters is 1. The van der Waals surface area contributed by atoms with Crippen molar-refractivity contribution in [3.63, 3.8) is 0 Å². The highest BCUT2D eigenvalue weighted by Crippen LogP contribution is 2.16. The Morgan fingerprint density at radius 3 is 2.31 bits per heavy atom. The molecule has 0 bridgehead atoms. The summed E-state index contributed by atoms with van der Waals surface area (Å²) >= 11 is 0. The van der Waals surface area contributed by atoms with Crippen LogP contribution in [0.15, 0.2) is 0 Å². The van der Waals surface area contributed by atoms with Crippen LogP contribution in [0.4, 0.5) is 0 Å². The molecule has 0 aromatic rings. The zero-order valence-corrected chi connectivity index (χ0v) is 10.4. The van der Waals surface area contributed by atoms with E-state index in [0.29, 0.717) is 0 Å². The van der Waals surface area contributed by atoms with Crippen molar-refractivity contribution in [2.45, 2.75) is 52.0 Å². The van der Waals surface area contributed by atoms with Crippen molar-refractivity contribution < 1.29 is 19.1 Å². The van der Waals surface area contributed by atoms with E-state index in [9.17, 15) is 9.59 Å². The second-order valence-corrected chi connectivity index (χ2v) is 5.38. The number of hydrogen-bond acceptors (Lipinski definition) is 5. The topological polar surface area (TPSA) is 64.6 Å². The Labute approximate surface area is 95.5 Å². The van der Waals surface area contributed by atoms with Crippen LogP contribution in [0.5, 0.6) is 0 Å². The van der Waals surface area contributed by atoms with E-state index in [2.05, 4.69) is 5.32 Å². The van der Waals surface area contributed by atoms with Gasteiger partial charge in [-0.1, -0.05) is 0 Å². The maximum atomic E-state index is 11.7. The van der Waals surface area contributed by atoms with E-state index in [1.807, 2.05) is 0 Å². The first-order chi connectivity index (χ1) is 7.11. The molecule has 0 spiro atoms. The summed E-state index contributed by atoms with van der Waals surface area (Å²) in [4.78, 5) is 23.2. The summed E-state index contributed by atoms with van der Waals surface area (Å²) in [6.07, 6.45) is 0. The first-order valence-corrected chi connectivity index (χ1v) is 5.29. The first-order valence-electron chi connectivity index (χ1n) is 5.29. The average Bonchev–Trinajstić information content (AvgIpc) is 2.41. The fraction of sp³-hybridized carbons (Fsp3) is 0.818. The van der Waals surface area contributed by atoms with Crippen LogP contribution in [0, 0.1) is 0 Å². The second-order valence-electron chi connectivity index (χ2n) is 5.38. The summed E-state index contributed by atoms with van der Waals surface area (Å²) in [6, 6.07) is -0.607. The maximum Gasteiger partial charge on any atom is 0.376 e. The van der Waals surface area contributed by atoms with Crippen LogP contribution in [0.1, 0.15) is 34.6 Å². The Morgan fingerprint density at radius 2 is 1.94 bits per heavy atom. The molecule has 1 aliphatic rings. The summed E-state index contributed by atoms with van der Waals surface area (Å²) in [5.41, 5.74) is -1.22. The largest absolute Gasteiger partial charge is 0.454 e. The highest BCUT2D eigenvalue weighted by molar-refractivity contribution is 6.35. The predicted octanol–water partition coefficient (Wildman–Crippen LogP) is 0.622. The molecule has 1 N–H and O–H groups in total. The number of ketones is 1. The minimum absolute atomic E-state index is 0.199. The lowest BCUT2D eigenvalue weighted by Gasteiger charge is -2.20. The van der Waals surface area contributed by atoms with Gasteiger partial charge in [0.1, 0.15) is 17.4 Å². The van der Waals surface area contributed by atoms with Gasteiger partial charge in [-0.2, -0.15) is 0 Å². The molecule has 5 nitrogen and oxygen atoms in total. The monoisotopic (exact) mass is 229 g/mol. The number of hydrogen-bond donors (Lipinski definition) is 1. The highest BCUT2D eigenvalue weighted by atomic mass is 16.6. The van der Waals surface area contributed by atoms with E-state index in [0.717, 1.165) is 0 Å². The minimum atomic E-state index is -0.814. The number of Topliss-reactive ketones (excluding diaryl/α,β-unsaturated/α-hetero) is 1. The normalized spacial score (nSPS) is 24.2. The minimum Gasteiger partial charge on any atom is -0.454 e. The molecular weight excluding hydrogens is 210 g/mol. The van der Waals surface area contributed by atoms with Crippen LogP contribution in [0.3, 0.4) is 0 Å². The lowest BCUT2D eigenvalue weighted by atomic mass is 10.1. The summed E-state index contributed by atoms with van der Waals surface area (Å²) in [5, 5.41) is 2.92. The van der Waals surface area contributed by atoms with Crippen molar-refractivity contribution in [2.75, 3.05) is 6.61 Å². The quantitative estimate of drug-likeness (QED) is 0.555. The first kappa shape index (κ1) is 13.1. The molecule has 0 radical (unpaired) electrons. The molecule has 92 valence electrons. The molecule has 0 amide bonds. The molecule has 0 aromatic heterocycles. The van der Waals surface area contributed by atoms with Crippen molar-refractivity contribution in [3.8, 4) is 0 Å². The van der Waals surface area contributed by atoms with Crippen molar-refractivity contribution >= 4 is 11.8 Å². The molecule has 0 unspecified atom stereocenters. The van der Waals surface area contributed by atoms with E-state index < -0.39 is 29.1 Å². The summed E-state index contributed by atoms with van der Waals surface area (Å²) in [6.45, 7) is 8.97. The lowest BCUT2D eigenvalue weighted by molar-refractivity contribution is -0.163. The molecule has 1 fully saturated rings. The van der Waals surface area contributed by atoms with Gasteiger partial charge in [-0.3, -0.25) is 10.1 Å². The van der Waals surface area contributed by atoms with Crippen LogP contribution in [0.2, 0.25) is 0 Å². The van der Waals surface area contributed by atoms with Crippen LogP contribution in [-0.4, -0.2) is 35.7 Å². The van der Waals surface area contributed by atoms with Crippen molar-refractivity contribution in [2.24, 2.45) is 0 Å². The van der Waals surface area contributed by atoms with Gasteiger partial charge < -0.3 is 9.47 Å². The Balaban J connectivity index is 2.56. The average molecular weight is 229 g/mol. The van der Waals surface area contributed by atoms with Crippen LogP contribution >= 0.6 is 0 Å². The molecule has 5 heteroatoms. The zero-order valence-electron chi connectivity index (χ0n) is 10.4. The van der Waals surface area contributed by atoms with Crippen LogP contribution in [-0.2, 0) is 19.1 Å². The molecular formula is C11H19NO4. The van der Waals surface area contributed by atoms with Gasteiger partial charge in [-0.15, -0.1) is 0 Å². The number of rotatable bonds is 2. The van der Waals surface area contributed by atoms with Gasteiger partial charge in [0.15, 0.2) is 0 Å².